The Bertz CT molecular complexity index is 975. The number of imidazole rings is 1. The van der Waals surface area contributed by atoms with E-state index in [9.17, 15) is 9.59 Å². The predicted octanol–water partition coefficient (Wildman–Crippen LogP) is 3.55. The number of aromatic amines is 1. The van der Waals surface area contributed by atoms with Crippen molar-refractivity contribution < 1.29 is 14.7 Å². The van der Waals surface area contributed by atoms with Gasteiger partial charge in [-0.2, -0.15) is 0 Å². The van der Waals surface area contributed by atoms with Gasteiger partial charge >= 0.3 is 5.97 Å². The Labute approximate surface area is 150 Å². The lowest BCUT2D eigenvalue weighted by Gasteiger charge is -2.24. The number of amides is 1. The fraction of sp³-hybridized carbons (Fsp3) is 0.250. The van der Waals surface area contributed by atoms with Gasteiger partial charge in [-0.05, 0) is 55.7 Å². The number of para-hydroxylation sites is 2. The first-order valence-corrected chi connectivity index (χ1v) is 8.64. The molecular weight excluding hydrogens is 330 g/mol. The molecule has 0 aliphatic carbocycles. The number of nitrogens with one attached hydrogen (secondary N) is 1. The van der Waals surface area contributed by atoms with Gasteiger partial charge in [-0.1, -0.05) is 12.1 Å². The van der Waals surface area contributed by atoms with Crippen LogP contribution >= 0.6 is 0 Å². The predicted molar refractivity (Wildman–Crippen MR) is 97.2 cm³/mol. The average Bonchev–Trinajstić information content (AvgIpc) is 3.27. The Morgan fingerprint density at radius 1 is 1.23 bits per heavy atom. The zero-order valence-corrected chi connectivity index (χ0v) is 14.4. The molecule has 0 bridgehead atoms. The summed E-state index contributed by atoms with van der Waals surface area (Å²) in [6, 6.07) is 12.4. The Morgan fingerprint density at radius 2 is 2.04 bits per heavy atom. The van der Waals surface area contributed by atoms with E-state index in [1.54, 1.807) is 19.1 Å². The molecule has 1 amide bonds. The number of carbonyl (C=O) groups excluding carboxylic acids is 1. The van der Waals surface area contributed by atoms with Crippen LogP contribution in [0.4, 0.5) is 0 Å². The van der Waals surface area contributed by atoms with Crippen LogP contribution in [0.3, 0.4) is 0 Å². The summed E-state index contributed by atoms with van der Waals surface area (Å²) in [7, 11) is 0. The Hall–Kier alpha value is -3.15. The molecule has 1 unspecified atom stereocenters. The minimum absolute atomic E-state index is 0.0811. The maximum absolute atomic E-state index is 13.1. The monoisotopic (exact) mass is 349 g/mol. The topological polar surface area (TPSA) is 86.3 Å². The van der Waals surface area contributed by atoms with Crippen LogP contribution in [0.25, 0.3) is 11.0 Å². The van der Waals surface area contributed by atoms with Crippen LogP contribution in [0.15, 0.2) is 42.5 Å². The summed E-state index contributed by atoms with van der Waals surface area (Å²) in [4.78, 5) is 34.0. The fourth-order valence-electron chi connectivity index (χ4n) is 3.62. The summed E-state index contributed by atoms with van der Waals surface area (Å²) in [6.07, 6.45) is 1.78. The van der Waals surface area contributed by atoms with Crippen LogP contribution in [0.5, 0.6) is 0 Å². The zero-order valence-electron chi connectivity index (χ0n) is 14.4. The number of likely N-dealkylation sites (tertiary alicyclic amines) is 1. The maximum atomic E-state index is 13.1. The lowest BCUT2D eigenvalue weighted by atomic mass is 10.0. The molecule has 1 fully saturated rings. The van der Waals surface area contributed by atoms with E-state index in [4.69, 9.17) is 5.11 Å². The van der Waals surface area contributed by atoms with E-state index in [-0.39, 0.29) is 17.5 Å². The standard InChI is InChI=1S/C20H19N3O3/c1-12-11-13(20(25)26)8-9-14(12)19(24)23-10-4-7-17(23)18-21-15-5-2-3-6-16(15)22-18/h2-3,5-6,8-9,11,17H,4,7,10H2,1H3,(H,21,22)(H,25,26). The van der Waals surface area contributed by atoms with Gasteiger partial charge in [0.2, 0.25) is 0 Å². The Kier molecular flexibility index (Phi) is 3.95. The normalized spacial score (nSPS) is 17.0. The van der Waals surface area contributed by atoms with Gasteiger partial charge < -0.3 is 15.0 Å². The molecule has 132 valence electrons. The van der Waals surface area contributed by atoms with E-state index in [0.29, 0.717) is 17.7 Å². The molecule has 1 aliphatic heterocycles. The van der Waals surface area contributed by atoms with E-state index in [1.165, 1.54) is 6.07 Å². The molecule has 26 heavy (non-hydrogen) atoms. The number of fused-ring (bicyclic) bond motifs is 1. The molecule has 1 saturated heterocycles. The number of aryl methyl sites for hydroxylation is 1. The molecule has 3 aromatic rings. The number of hydrogen-bond acceptors (Lipinski definition) is 3. The van der Waals surface area contributed by atoms with E-state index in [0.717, 1.165) is 29.7 Å². The minimum Gasteiger partial charge on any atom is -0.478 e. The van der Waals surface area contributed by atoms with Gasteiger partial charge in [-0.15, -0.1) is 0 Å². The highest BCUT2D eigenvalue weighted by Crippen LogP contribution is 2.33. The number of carboxylic acids is 1. The van der Waals surface area contributed by atoms with Crippen molar-refractivity contribution in [2.24, 2.45) is 0 Å². The van der Waals surface area contributed by atoms with Crippen molar-refractivity contribution in [2.75, 3.05) is 6.54 Å². The summed E-state index contributed by atoms with van der Waals surface area (Å²) < 4.78 is 0. The lowest BCUT2D eigenvalue weighted by Crippen LogP contribution is -2.31. The molecule has 0 saturated carbocycles. The third-order valence-electron chi connectivity index (χ3n) is 4.94. The number of aromatic nitrogens is 2. The first-order valence-electron chi connectivity index (χ1n) is 8.64. The van der Waals surface area contributed by atoms with Crippen molar-refractivity contribution in [1.29, 1.82) is 0 Å². The highest BCUT2D eigenvalue weighted by molar-refractivity contribution is 5.97. The van der Waals surface area contributed by atoms with E-state index < -0.39 is 5.97 Å². The first kappa shape index (κ1) is 16.3. The van der Waals surface area contributed by atoms with Gasteiger partial charge in [0.15, 0.2) is 0 Å². The summed E-state index contributed by atoms with van der Waals surface area (Å²) in [5, 5.41) is 9.10. The molecule has 2 N–H and O–H groups in total. The molecule has 0 radical (unpaired) electrons. The number of nitrogens with zero attached hydrogens (tertiary/aromatic N) is 2. The second kappa shape index (κ2) is 6.29. The fourth-order valence-corrected chi connectivity index (χ4v) is 3.62. The number of aromatic carboxylic acids is 1. The molecule has 1 aromatic heterocycles. The van der Waals surface area contributed by atoms with Gasteiger partial charge in [-0.3, -0.25) is 4.79 Å². The molecule has 0 spiro atoms. The van der Waals surface area contributed by atoms with Crippen molar-refractivity contribution in [2.45, 2.75) is 25.8 Å². The SMILES string of the molecule is Cc1cc(C(=O)O)ccc1C(=O)N1CCCC1c1nc2ccccc2[nH]1. The van der Waals surface area contributed by atoms with E-state index in [2.05, 4.69) is 9.97 Å². The number of rotatable bonds is 3. The molecule has 4 rings (SSSR count). The van der Waals surface area contributed by atoms with Crippen LogP contribution < -0.4 is 0 Å². The smallest absolute Gasteiger partial charge is 0.335 e. The molecule has 6 heteroatoms. The molecule has 1 aliphatic rings. The maximum Gasteiger partial charge on any atom is 0.335 e. The number of benzene rings is 2. The number of carboxylic acid groups (broad SMARTS) is 1. The minimum atomic E-state index is -0.992. The summed E-state index contributed by atoms with van der Waals surface area (Å²) in [5.41, 5.74) is 3.25. The summed E-state index contributed by atoms with van der Waals surface area (Å²) in [5.74, 6) is -0.271. The molecular formula is C20H19N3O3. The van der Waals surface area contributed by atoms with Crippen molar-refractivity contribution in [1.82, 2.24) is 14.9 Å². The Balaban J connectivity index is 1.65. The second-order valence-corrected chi connectivity index (χ2v) is 6.63. The summed E-state index contributed by atoms with van der Waals surface area (Å²) in [6.45, 7) is 2.44. The van der Waals surface area contributed by atoms with Crippen LogP contribution in [0, 0.1) is 6.92 Å². The molecule has 2 heterocycles. The van der Waals surface area contributed by atoms with Crippen LogP contribution in [0.1, 0.15) is 51.0 Å². The van der Waals surface area contributed by atoms with E-state index in [1.807, 2.05) is 29.2 Å². The van der Waals surface area contributed by atoms with E-state index >= 15 is 0 Å². The zero-order chi connectivity index (χ0) is 18.3. The molecule has 2 aromatic carbocycles. The van der Waals surface area contributed by atoms with Crippen molar-refractivity contribution in [3.05, 3.63) is 65.0 Å². The average molecular weight is 349 g/mol. The molecule has 6 nitrogen and oxygen atoms in total. The van der Waals surface area contributed by atoms with Crippen molar-refractivity contribution >= 4 is 22.9 Å². The van der Waals surface area contributed by atoms with Gasteiger partial charge in [0.05, 0.1) is 22.6 Å². The summed E-state index contributed by atoms with van der Waals surface area (Å²) >= 11 is 0. The number of hydrogen-bond donors (Lipinski definition) is 2. The molecule has 1 atom stereocenters. The number of carbonyl (C=O) groups is 2. The third kappa shape index (κ3) is 2.73. The van der Waals surface area contributed by atoms with Gasteiger partial charge in [0.1, 0.15) is 5.82 Å². The third-order valence-corrected chi connectivity index (χ3v) is 4.94. The highest BCUT2D eigenvalue weighted by Gasteiger charge is 2.33. The van der Waals surface area contributed by atoms with Crippen LogP contribution in [-0.2, 0) is 0 Å². The second-order valence-electron chi connectivity index (χ2n) is 6.63. The van der Waals surface area contributed by atoms with Gasteiger partial charge in [-0.25, -0.2) is 9.78 Å². The van der Waals surface area contributed by atoms with Crippen molar-refractivity contribution in [3.63, 3.8) is 0 Å². The van der Waals surface area contributed by atoms with Crippen molar-refractivity contribution in [3.8, 4) is 0 Å². The first-order chi connectivity index (χ1) is 12.5. The van der Waals surface area contributed by atoms with Crippen LogP contribution in [0.2, 0.25) is 0 Å². The lowest BCUT2D eigenvalue weighted by molar-refractivity contribution is 0.0691. The largest absolute Gasteiger partial charge is 0.478 e. The number of H-pyrrole nitrogens is 1. The van der Waals surface area contributed by atoms with Gasteiger partial charge in [0, 0.05) is 12.1 Å². The van der Waals surface area contributed by atoms with Gasteiger partial charge in [0.25, 0.3) is 5.91 Å². The Morgan fingerprint density at radius 3 is 2.77 bits per heavy atom. The highest BCUT2D eigenvalue weighted by atomic mass is 16.4. The quantitative estimate of drug-likeness (QED) is 0.757. The van der Waals surface area contributed by atoms with Crippen LogP contribution in [-0.4, -0.2) is 38.4 Å².